The summed E-state index contributed by atoms with van der Waals surface area (Å²) in [4.78, 5) is 78.9. The predicted molar refractivity (Wildman–Crippen MR) is 159 cm³/mol. The van der Waals surface area contributed by atoms with E-state index in [2.05, 4.69) is 41.7 Å². The van der Waals surface area contributed by atoms with Crippen LogP contribution in [0, 0.1) is 22.7 Å². The summed E-state index contributed by atoms with van der Waals surface area (Å²) < 4.78 is 0. The molecular weight excluding hydrogens is 540 g/mol. The normalized spacial score (nSPS) is 21.0. The van der Waals surface area contributed by atoms with Gasteiger partial charge in [-0.05, 0) is 35.5 Å². The van der Waals surface area contributed by atoms with E-state index in [4.69, 9.17) is 0 Å². The first-order chi connectivity index (χ1) is 19.4. The van der Waals surface area contributed by atoms with E-state index in [0.29, 0.717) is 32.5 Å². The van der Waals surface area contributed by atoms with Crippen LogP contribution in [-0.4, -0.2) is 96.6 Å². The number of likely N-dealkylation sites (tertiary alicyclic amines) is 2. The van der Waals surface area contributed by atoms with E-state index in [9.17, 15) is 28.8 Å². The van der Waals surface area contributed by atoms with Crippen molar-refractivity contribution in [3.63, 3.8) is 0 Å². The fourth-order valence-electron chi connectivity index (χ4n) is 5.09. The highest BCUT2D eigenvalue weighted by Crippen LogP contribution is 2.32. The highest BCUT2D eigenvalue weighted by Gasteiger charge is 2.41. The molecule has 4 N–H and O–H groups in total. The monoisotopic (exact) mass is 590 g/mol. The second-order valence-electron chi connectivity index (χ2n) is 13.6. The lowest BCUT2D eigenvalue weighted by Gasteiger charge is -2.41. The molecule has 12 nitrogen and oxygen atoms in total. The Labute approximate surface area is 249 Å². The van der Waals surface area contributed by atoms with Crippen LogP contribution in [-0.2, 0) is 24.0 Å². The Bertz CT molecular complexity index is 1050. The molecule has 0 aromatic heterocycles. The Morgan fingerprint density at radius 1 is 1.07 bits per heavy atom. The first-order valence-corrected chi connectivity index (χ1v) is 14.8. The van der Waals surface area contributed by atoms with Gasteiger partial charge in [-0.15, -0.1) is 6.58 Å². The van der Waals surface area contributed by atoms with Crippen LogP contribution in [0.15, 0.2) is 12.7 Å². The molecule has 2 fully saturated rings. The summed E-state index contributed by atoms with van der Waals surface area (Å²) in [6, 6.07) is -1.71. The van der Waals surface area contributed by atoms with E-state index in [1.807, 2.05) is 34.6 Å². The Hall–Kier alpha value is -3.44. The lowest BCUT2D eigenvalue weighted by Crippen LogP contribution is -2.57. The van der Waals surface area contributed by atoms with Gasteiger partial charge in [0.25, 0.3) is 5.91 Å². The highest BCUT2D eigenvalue weighted by molar-refractivity contribution is 6.37. The van der Waals surface area contributed by atoms with Gasteiger partial charge in [-0.25, -0.2) is 4.79 Å². The standard InChI is InChI=1S/C30H50N6O6/c1-9-11-31-27(41)22(37)15-32-26(40)21-13-20(19(2)3)17-36(21)25(39)16-33-28(42)34-23(29(4,5)6)18-35-12-10-30(7,8)14-24(35)38/h9,19-21,23H,1,10-18H2,2-8H3,(H,31,41)(H,32,40)(H2,33,34,42). The Morgan fingerprint density at radius 2 is 1.74 bits per heavy atom. The number of hydrogen-bond acceptors (Lipinski definition) is 6. The first kappa shape index (κ1) is 34.8. The van der Waals surface area contributed by atoms with E-state index in [-0.39, 0.29) is 47.7 Å². The number of nitrogens with zero attached hydrogens (tertiary/aromatic N) is 2. The summed E-state index contributed by atoms with van der Waals surface area (Å²) in [6.45, 7) is 18.2. The molecule has 2 saturated heterocycles. The van der Waals surface area contributed by atoms with Gasteiger partial charge < -0.3 is 31.1 Å². The third-order valence-electron chi connectivity index (χ3n) is 8.18. The molecule has 0 aliphatic carbocycles. The molecule has 12 heteroatoms. The van der Waals surface area contributed by atoms with Crippen LogP contribution in [0.5, 0.6) is 0 Å². The van der Waals surface area contributed by atoms with Crippen molar-refractivity contribution in [2.45, 2.75) is 79.8 Å². The van der Waals surface area contributed by atoms with E-state index >= 15 is 0 Å². The van der Waals surface area contributed by atoms with Gasteiger partial charge in [0.1, 0.15) is 6.04 Å². The topological polar surface area (TPSA) is 157 Å². The van der Waals surface area contributed by atoms with Crippen LogP contribution in [0.4, 0.5) is 4.79 Å². The SMILES string of the molecule is C=CCNC(=O)C(=O)CNC(=O)C1CC(C(C)C)CN1C(=O)CNC(=O)NC(CN1CCC(C)(C)CC1=O)C(C)(C)C. The molecule has 0 spiro atoms. The number of Topliss-reactive ketones (excluding diaryl/α,β-unsaturated/α-hetero) is 1. The molecule has 2 heterocycles. The maximum atomic E-state index is 13.2. The van der Waals surface area contributed by atoms with E-state index in [0.717, 1.165) is 6.42 Å². The smallest absolute Gasteiger partial charge is 0.315 e. The third-order valence-corrected chi connectivity index (χ3v) is 8.18. The quantitative estimate of drug-likeness (QED) is 0.198. The maximum absolute atomic E-state index is 13.2. The first-order valence-electron chi connectivity index (χ1n) is 14.8. The Kier molecular flexibility index (Phi) is 12.1. The number of urea groups is 1. The minimum Gasteiger partial charge on any atom is -0.347 e. The molecule has 2 aliphatic heterocycles. The number of carbonyl (C=O) groups is 6. The van der Waals surface area contributed by atoms with Gasteiger partial charge >= 0.3 is 6.03 Å². The number of ketones is 1. The predicted octanol–water partition coefficient (Wildman–Crippen LogP) is 1.21. The molecule has 0 aromatic carbocycles. The molecule has 6 amide bonds. The van der Waals surface area contributed by atoms with Crippen molar-refractivity contribution in [3.8, 4) is 0 Å². The maximum Gasteiger partial charge on any atom is 0.315 e. The number of rotatable bonds is 12. The van der Waals surface area contributed by atoms with Crippen molar-refractivity contribution < 1.29 is 28.8 Å². The van der Waals surface area contributed by atoms with Crippen molar-refractivity contribution in [1.82, 2.24) is 31.1 Å². The summed E-state index contributed by atoms with van der Waals surface area (Å²) in [6.07, 6.45) is 3.19. The molecule has 0 aromatic rings. The lowest BCUT2D eigenvalue weighted by atomic mass is 9.81. The highest BCUT2D eigenvalue weighted by atomic mass is 16.2. The molecule has 0 bridgehead atoms. The number of hydrogen-bond donors (Lipinski definition) is 4. The van der Waals surface area contributed by atoms with Crippen LogP contribution in [0.25, 0.3) is 0 Å². The minimum absolute atomic E-state index is 0.0372. The van der Waals surface area contributed by atoms with Crippen LogP contribution in [0.1, 0.15) is 67.7 Å². The zero-order valence-electron chi connectivity index (χ0n) is 26.3. The molecule has 42 heavy (non-hydrogen) atoms. The number of nitrogens with one attached hydrogen (secondary N) is 4. The average molecular weight is 591 g/mol. The van der Waals surface area contributed by atoms with E-state index < -0.39 is 42.1 Å². The van der Waals surface area contributed by atoms with Crippen molar-refractivity contribution in [1.29, 1.82) is 0 Å². The molecule has 3 atom stereocenters. The van der Waals surface area contributed by atoms with Crippen LogP contribution in [0.3, 0.4) is 0 Å². The Balaban J connectivity index is 1.98. The van der Waals surface area contributed by atoms with Gasteiger partial charge in [-0.2, -0.15) is 0 Å². The number of carbonyl (C=O) groups excluding carboxylic acids is 6. The fraction of sp³-hybridized carbons (Fsp3) is 0.733. The average Bonchev–Trinajstić information content (AvgIpc) is 3.35. The van der Waals surface area contributed by atoms with E-state index in [1.165, 1.54) is 11.0 Å². The zero-order valence-corrected chi connectivity index (χ0v) is 26.3. The van der Waals surface area contributed by atoms with Gasteiger partial charge in [0, 0.05) is 32.6 Å². The fourth-order valence-corrected chi connectivity index (χ4v) is 5.09. The molecule has 0 radical (unpaired) electrons. The summed E-state index contributed by atoms with van der Waals surface area (Å²) in [7, 11) is 0. The summed E-state index contributed by atoms with van der Waals surface area (Å²) in [5.41, 5.74) is -0.387. The minimum atomic E-state index is -0.827. The zero-order chi connectivity index (χ0) is 31.8. The number of piperidine rings is 1. The Morgan fingerprint density at radius 3 is 2.31 bits per heavy atom. The molecule has 236 valence electrons. The molecule has 3 unspecified atom stereocenters. The second-order valence-corrected chi connectivity index (χ2v) is 13.6. The van der Waals surface area contributed by atoms with Crippen LogP contribution >= 0.6 is 0 Å². The lowest BCUT2D eigenvalue weighted by molar-refractivity contribution is -0.140. The van der Waals surface area contributed by atoms with Gasteiger partial charge in [-0.3, -0.25) is 24.0 Å². The van der Waals surface area contributed by atoms with Gasteiger partial charge in [0.05, 0.1) is 19.1 Å². The largest absolute Gasteiger partial charge is 0.347 e. The van der Waals surface area contributed by atoms with Gasteiger partial charge in [0.2, 0.25) is 23.5 Å². The van der Waals surface area contributed by atoms with Crippen molar-refractivity contribution >= 4 is 35.4 Å². The summed E-state index contributed by atoms with van der Waals surface area (Å²) in [5, 5.41) is 10.4. The van der Waals surface area contributed by atoms with Gasteiger partial charge in [-0.1, -0.05) is 54.5 Å². The molecule has 0 saturated carbocycles. The second kappa shape index (κ2) is 14.6. The summed E-state index contributed by atoms with van der Waals surface area (Å²) >= 11 is 0. The van der Waals surface area contributed by atoms with Crippen LogP contribution < -0.4 is 21.3 Å². The molecule has 2 rings (SSSR count). The van der Waals surface area contributed by atoms with E-state index in [1.54, 1.807) is 4.90 Å². The number of amides is 6. The molecular formula is C30H50N6O6. The summed E-state index contributed by atoms with van der Waals surface area (Å²) in [5.74, 6) is -2.25. The van der Waals surface area contributed by atoms with Crippen molar-refractivity contribution in [2.75, 3.05) is 39.3 Å². The third kappa shape index (κ3) is 10.1. The molecule has 2 aliphatic rings. The van der Waals surface area contributed by atoms with Crippen molar-refractivity contribution in [3.05, 3.63) is 12.7 Å². The van der Waals surface area contributed by atoms with Gasteiger partial charge in [0.15, 0.2) is 0 Å². The van der Waals surface area contributed by atoms with Crippen molar-refractivity contribution in [2.24, 2.45) is 22.7 Å². The van der Waals surface area contributed by atoms with Crippen LogP contribution in [0.2, 0.25) is 0 Å².